The van der Waals surface area contributed by atoms with Gasteiger partial charge in [0.1, 0.15) is 0 Å². The molecule has 1 aliphatic heterocycles. The number of hydrogen-bond acceptors (Lipinski definition) is 3. The molecule has 30 heavy (non-hydrogen) atoms. The number of hydrogen-bond donors (Lipinski definition) is 2. The summed E-state index contributed by atoms with van der Waals surface area (Å²) in [6, 6.07) is 6.08. The average Bonchev–Trinajstić information content (AvgIpc) is 3.02. The normalized spacial score (nSPS) is 24.4. The Hall–Kier alpha value is -1.59. The number of carbonyl (C=O) groups excluding carboxylic acids is 1. The Labute approximate surface area is 182 Å². The smallest absolute Gasteiger partial charge is 0.319 e. The van der Waals surface area contributed by atoms with Crippen molar-refractivity contribution in [2.24, 2.45) is 5.92 Å². The molecule has 0 unspecified atom stereocenters. The third-order valence-electron chi connectivity index (χ3n) is 6.77. The molecule has 3 rings (SSSR count). The van der Waals surface area contributed by atoms with E-state index in [0.29, 0.717) is 24.3 Å². The van der Waals surface area contributed by atoms with Gasteiger partial charge in [-0.05, 0) is 49.7 Å². The van der Waals surface area contributed by atoms with Gasteiger partial charge in [-0.2, -0.15) is 0 Å². The highest BCUT2D eigenvalue weighted by atomic mass is 16.8. The van der Waals surface area contributed by atoms with Crippen LogP contribution in [0.4, 0.5) is 10.5 Å². The maximum absolute atomic E-state index is 13.0. The highest BCUT2D eigenvalue weighted by Gasteiger charge is 2.49. The number of carbonyl (C=O) groups is 1. The Bertz CT molecular complexity index is 689. The highest BCUT2D eigenvalue weighted by molar-refractivity contribution is 5.91. The molecule has 5 nitrogen and oxygen atoms in total. The van der Waals surface area contributed by atoms with Crippen molar-refractivity contribution in [3.05, 3.63) is 29.3 Å². The predicted molar refractivity (Wildman–Crippen MR) is 122 cm³/mol. The topological polar surface area (TPSA) is 59.6 Å². The third-order valence-corrected chi connectivity index (χ3v) is 6.77. The fourth-order valence-corrected chi connectivity index (χ4v) is 4.87. The Morgan fingerprint density at radius 3 is 2.03 bits per heavy atom. The Morgan fingerprint density at radius 1 is 1.00 bits per heavy atom. The van der Waals surface area contributed by atoms with Crippen molar-refractivity contribution in [3.63, 3.8) is 0 Å². The van der Waals surface area contributed by atoms with E-state index in [4.69, 9.17) is 9.47 Å². The van der Waals surface area contributed by atoms with E-state index in [1.54, 1.807) is 0 Å². The van der Waals surface area contributed by atoms with Crippen LogP contribution in [0.5, 0.6) is 0 Å². The van der Waals surface area contributed by atoms with Gasteiger partial charge in [-0.25, -0.2) is 4.79 Å². The van der Waals surface area contributed by atoms with Gasteiger partial charge in [-0.15, -0.1) is 0 Å². The largest absolute Gasteiger partial charge is 0.342 e. The molecule has 1 aliphatic carbocycles. The van der Waals surface area contributed by atoms with Crippen LogP contribution in [0.25, 0.3) is 0 Å². The number of benzene rings is 1. The molecule has 2 atom stereocenters. The quantitative estimate of drug-likeness (QED) is 0.584. The summed E-state index contributed by atoms with van der Waals surface area (Å²) in [6.07, 6.45) is 5.93. The summed E-state index contributed by atoms with van der Waals surface area (Å²) in [4.78, 5) is 13.0. The van der Waals surface area contributed by atoms with E-state index in [0.717, 1.165) is 29.7 Å². The number of anilines is 1. The second-order valence-electron chi connectivity index (χ2n) is 9.72. The van der Waals surface area contributed by atoms with Gasteiger partial charge in [0.15, 0.2) is 5.79 Å². The minimum absolute atomic E-state index is 0.0333. The van der Waals surface area contributed by atoms with E-state index in [-0.39, 0.29) is 18.2 Å². The number of amides is 2. The van der Waals surface area contributed by atoms with Crippen LogP contribution in [0.3, 0.4) is 0 Å². The molecule has 0 aromatic heterocycles. The fraction of sp³-hybridized carbons (Fsp3) is 0.720. The number of nitrogens with one attached hydrogen (secondary N) is 2. The van der Waals surface area contributed by atoms with Crippen LogP contribution in [0.1, 0.15) is 96.6 Å². The maximum atomic E-state index is 13.0. The van der Waals surface area contributed by atoms with Crippen LogP contribution in [-0.4, -0.2) is 30.6 Å². The molecule has 2 fully saturated rings. The average molecular weight is 417 g/mol. The van der Waals surface area contributed by atoms with E-state index >= 15 is 0 Å². The van der Waals surface area contributed by atoms with Crippen LogP contribution in [0, 0.1) is 5.92 Å². The molecule has 1 saturated carbocycles. The number of rotatable bonds is 6. The van der Waals surface area contributed by atoms with Crippen molar-refractivity contribution in [1.29, 1.82) is 0 Å². The van der Waals surface area contributed by atoms with Crippen LogP contribution >= 0.6 is 0 Å². The van der Waals surface area contributed by atoms with Gasteiger partial charge in [-0.3, -0.25) is 0 Å². The molecule has 168 valence electrons. The van der Waals surface area contributed by atoms with Crippen molar-refractivity contribution in [2.75, 3.05) is 11.9 Å². The van der Waals surface area contributed by atoms with Crippen molar-refractivity contribution >= 4 is 11.7 Å². The number of urea groups is 1. The van der Waals surface area contributed by atoms with Crippen LogP contribution < -0.4 is 10.6 Å². The summed E-state index contributed by atoms with van der Waals surface area (Å²) in [6.45, 7) is 13.1. The lowest BCUT2D eigenvalue weighted by molar-refractivity contribution is -0.210. The van der Waals surface area contributed by atoms with Crippen LogP contribution in [-0.2, 0) is 9.47 Å². The molecule has 0 spiro atoms. The first-order chi connectivity index (χ1) is 14.2. The van der Waals surface area contributed by atoms with Gasteiger partial charge in [0, 0.05) is 11.6 Å². The first kappa shape index (κ1) is 23.1. The Balaban J connectivity index is 1.74. The zero-order chi connectivity index (χ0) is 21.9. The highest BCUT2D eigenvalue weighted by Crippen LogP contribution is 2.41. The van der Waals surface area contributed by atoms with Gasteiger partial charge >= 0.3 is 6.03 Å². The Morgan fingerprint density at radius 2 is 1.53 bits per heavy atom. The van der Waals surface area contributed by atoms with E-state index < -0.39 is 5.79 Å². The molecule has 1 saturated heterocycles. The van der Waals surface area contributed by atoms with E-state index in [1.165, 1.54) is 19.3 Å². The zero-order valence-electron chi connectivity index (χ0n) is 19.6. The van der Waals surface area contributed by atoms with Crippen LogP contribution in [0.2, 0.25) is 0 Å². The monoisotopic (exact) mass is 416 g/mol. The molecule has 0 bridgehead atoms. The number of ether oxygens (including phenoxy) is 2. The summed E-state index contributed by atoms with van der Waals surface area (Å²) < 4.78 is 12.7. The van der Waals surface area contributed by atoms with Gasteiger partial charge in [0.05, 0.1) is 18.8 Å². The van der Waals surface area contributed by atoms with Gasteiger partial charge in [-0.1, -0.05) is 65.2 Å². The number of para-hydroxylation sites is 1. The SMILES string of the molecule is CC(C)c1cccc(C(C)C)c1NC(=O)NCC1(C2CCCCC2)O[C@@H](C)[C@H](C)O1. The lowest BCUT2D eigenvalue weighted by Gasteiger charge is -2.38. The Kier molecular flexibility index (Phi) is 7.46. The maximum Gasteiger partial charge on any atom is 0.319 e. The molecule has 5 heteroatoms. The van der Waals surface area contributed by atoms with Crippen molar-refractivity contribution < 1.29 is 14.3 Å². The minimum atomic E-state index is -0.713. The lowest BCUT2D eigenvalue weighted by atomic mass is 9.83. The van der Waals surface area contributed by atoms with Crippen LogP contribution in [0.15, 0.2) is 18.2 Å². The molecule has 2 aliphatic rings. The van der Waals surface area contributed by atoms with Gasteiger partial charge in [0.2, 0.25) is 0 Å². The molecule has 1 aromatic rings. The zero-order valence-corrected chi connectivity index (χ0v) is 19.6. The molecular weight excluding hydrogens is 376 g/mol. The summed E-state index contributed by atoms with van der Waals surface area (Å²) in [5, 5.41) is 6.23. The second kappa shape index (κ2) is 9.69. The molecule has 1 heterocycles. The van der Waals surface area contributed by atoms with Crippen molar-refractivity contribution in [2.45, 2.75) is 103 Å². The fourth-order valence-electron chi connectivity index (χ4n) is 4.87. The summed E-state index contributed by atoms with van der Waals surface area (Å²) in [5.74, 6) is 0.273. The first-order valence-corrected chi connectivity index (χ1v) is 11.8. The van der Waals surface area contributed by atoms with E-state index in [2.05, 4.69) is 70.4 Å². The minimum Gasteiger partial charge on any atom is -0.342 e. The van der Waals surface area contributed by atoms with Crippen molar-refractivity contribution in [3.8, 4) is 0 Å². The lowest BCUT2D eigenvalue weighted by Crippen LogP contribution is -2.51. The summed E-state index contributed by atoms with van der Waals surface area (Å²) in [5.41, 5.74) is 3.25. The van der Waals surface area contributed by atoms with E-state index in [9.17, 15) is 4.79 Å². The third kappa shape index (κ3) is 5.00. The summed E-state index contributed by atoms with van der Waals surface area (Å²) in [7, 11) is 0. The summed E-state index contributed by atoms with van der Waals surface area (Å²) >= 11 is 0. The molecule has 2 N–H and O–H groups in total. The van der Waals surface area contributed by atoms with Crippen molar-refractivity contribution in [1.82, 2.24) is 5.32 Å². The molecule has 0 radical (unpaired) electrons. The standard InChI is InChI=1S/C25H40N2O3/c1-16(2)21-13-10-14-22(17(3)4)23(21)27-24(28)26-15-25(20-11-8-7-9-12-20)29-18(5)19(6)30-25/h10,13-14,16-20H,7-9,11-12,15H2,1-6H3,(H2,26,27,28)/t18-,19-/m0/s1. The first-order valence-electron chi connectivity index (χ1n) is 11.8. The van der Waals surface area contributed by atoms with E-state index in [1.807, 2.05) is 0 Å². The molecular formula is C25H40N2O3. The molecule has 2 amide bonds. The second-order valence-corrected chi connectivity index (χ2v) is 9.72. The van der Waals surface area contributed by atoms with Gasteiger partial charge in [0.25, 0.3) is 0 Å². The predicted octanol–water partition coefficient (Wildman–Crippen LogP) is 6.16. The molecule has 1 aromatic carbocycles. The van der Waals surface area contributed by atoms with Gasteiger partial charge < -0.3 is 20.1 Å².